The fourth-order valence-electron chi connectivity index (χ4n) is 2.42. The molecule has 1 rings (SSSR count). The number of ether oxygens (including phenoxy) is 1. The largest absolute Gasteiger partial charge is 0.381 e. The van der Waals surface area contributed by atoms with Gasteiger partial charge in [0.2, 0.25) is 0 Å². The normalized spacial score (nSPS) is 30.9. The Morgan fingerprint density at radius 2 is 2.00 bits per heavy atom. The van der Waals surface area contributed by atoms with Gasteiger partial charge in [-0.1, -0.05) is 20.8 Å². The highest BCUT2D eigenvalue weighted by molar-refractivity contribution is 6.20. The van der Waals surface area contributed by atoms with Crippen molar-refractivity contribution in [2.24, 2.45) is 17.8 Å². The van der Waals surface area contributed by atoms with Crippen LogP contribution >= 0.6 is 11.6 Å². The van der Waals surface area contributed by atoms with Gasteiger partial charge in [0, 0.05) is 18.6 Å². The molecular weight excluding hydrogens is 220 g/mol. The highest BCUT2D eigenvalue weighted by atomic mass is 35.5. The van der Waals surface area contributed by atoms with E-state index in [-0.39, 0.29) is 0 Å². The average Bonchev–Trinajstić information content (AvgIpc) is 2.22. The second-order valence-electron chi connectivity index (χ2n) is 5.78. The van der Waals surface area contributed by atoms with Crippen LogP contribution in [0, 0.1) is 17.8 Å². The van der Waals surface area contributed by atoms with Gasteiger partial charge in [0.1, 0.15) is 0 Å². The van der Waals surface area contributed by atoms with Crippen LogP contribution in [0.2, 0.25) is 0 Å². The number of halogens is 1. The average molecular weight is 247 g/mol. The second-order valence-corrected chi connectivity index (χ2v) is 6.34. The van der Waals surface area contributed by atoms with E-state index in [1.54, 1.807) is 0 Å². The van der Waals surface area contributed by atoms with Crippen LogP contribution in [-0.4, -0.2) is 18.6 Å². The van der Waals surface area contributed by atoms with Crippen LogP contribution in [0.15, 0.2) is 0 Å². The molecule has 1 nitrogen and oxygen atoms in total. The quantitative estimate of drug-likeness (QED) is 0.496. The molecule has 0 aromatic heterocycles. The summed E-state index contributed by atoms with van der Waals surface area (Å²) in [5.41, 5.74) is 0. The molecule has 0 bridgehead atoms. The summed E-state index contributed by atoms with van der Waals surface area (Å²) in [6, 6.07) is 0. The fraction of sp³-hybridized carbons (Fsp3) is 1.00. The summed E-state index contributed by atoms with van der Waals surface area (Å²) >= 11 is 6.36. The number of hydrogen-bond donors (Lipinski definition) is 0. The molecule has 3 atom stereocenters. The fourth-order valence-corrected chi connectivity index (χ4v) is 2.77. The van der Waals surface area contributed by atoms with Gasteiger partial charge in [-0.15, -0.1) is 11.6 Å². The lowest BCUT2D eigenvalue weighted by Gasteiger charge is -2.31. The Bertz CT molecular complexity index is 182. The molecule has 0 heterocycles. The van der Waals surface area contributed by atoms with E-state index in [0.717, 1.165) is 31.5 Å². The van der Waals surface area contributed by atoms with E-state index < -0.39 is 0 Å². The maximum Gasteiger partial charge on any atom is 0.0469 e. The molecule has 0 aromatic rings. The topological polar surface area (TPSA) is 9.23 Å². The van der Waals surface area contributed by atoms with Crippen molar-refractivity contribution in [1.29, 1.82) is 0 Å². The third kappa shape index (κ3) is 5.54. The van der Waals surface area contributed by atoms with Crippen LogP contribution in [0.5, 0.6) is 0 Å². The Morgan fingerprint density at radius 1 is 1.25 bits per heavy atom. The first-order valence-corrected chi connectivity index (χ1v) is 7.25. The first-order valence-electron chi connectivity index (χ1n) is 6.81. The van der Waals surface area contributed by atoms with Gasteiger partial charge >= 0.3 is 0 Å². The SMILES string of the molecule is CC(C)CCOCCC1CC(C)CCC1Cl. The van der Waals surface area contributed by atoms with Crippen molar-refractivity contribution in [2.75, 3.05) is 13.2 Å². The lowest BCUT2D eigenvalue weighted by molar-refractivity contribution is 0.102. The van der Waals surface area contributed by atoms with Crippen molar-refractivity contribution in [3.63, 3.8) is 0 Å². The van der Waals surface area contributed by atoms with Gasteiger partial charge in [-0.3, -0.25) is 0 Å². The Kier molecular flexibility index (Phi) is 6.75. The summed E-state index contributed by atoms with van der Waals surface area (Å²) in [5, 5.41) is 0.393. The predicted octanol–water partition coefficient (Wildman–Crippen LogP) is 4.48. The molecule has 96 valence electrons. The first kappa shape index (κ1) is 14.3. The molecule has 3 unspecified atom stereocenters. The molecule has 0 spiro atoms. The predicted molar refractivity (Wildman–Crippen MR) is 71.0 cm³/mol. The van der Waals surface area contributed by atoms with Crippen LogP contribution in [0.1, 0.15) is 52.9 Å². The van der Waals surface area contributed by atoms with Gasteiger partial charge < -0.3 is 4.74 Å². The number of alkyl halides is 1. The van der Waals surface area contributed by atoms with E-state index in [1.807, 2.05) is 0 Å². The molecule has 1 aliphatic carbocycles. The molecule has 1 fully saturated rings. The zero-order valence-corrected chi connectivity index (χ0v) is 11.8. The van der Waals surface area contributed by atoms with E-state index in [2.05, 4.69) is 20.8 Å². The molecule has 2 heteroatoms. The van der Waals surface area contributed by atoms with E-state index in [0.29, 0.717) is 11.3 Å². The number of rotatable bonds is 6. The monoisotopic (exact) mass is 246 g/mol. The van der Waals surface area contributed by atoms with E-state index in [9.17, 15) is 0 Å². The Labute approximate surface area is 106 Å². The summed E-state index contributed by atoms with van der Waals surface area (Å²) in [6.07, 6.45) is 6.11. The lowest BCUT2D eigenvalue weighted by atomic mass is 9.80. The molecule has 0 radical (unpaired) electrons. The first-order chi connectivity index (χ1) is 7.59. The maximum atomic E-state index is 6.36. The highest BCUT2D eigenvalue weighted by Crippen LogP contribution is 2.34. The van der Waals surface area contributed by atoms with Crippen LogP contribution in [-0.2, 0) is 4.74 Å². The minimum absolute atomic E-state index is 0.393. The molecule has 0 saturated heterocycles. The highest BCUT2D eigenvalue weighted by Gasteiger charge is 2.26. The zero-order chi connectivity index (χ0) is 12.0. The Morgan fingerprint density at radius 3 is 2.69 bits per heavy atom. The standard InChI is InChI=1S/C14H27ClO/c1-11(2)6-8-16-9-7-13-10-12(3)4-5-14(13)15/h11-14H,4-10H2,1-3H3. The summed E-state index contributed by atoms with van der Waals surface area (Å²) in [7, 11) is 0. The minimum atomic E-state index is 0.393. The van der Waals surface area contributed by atoms with Gasteiger partial charge in [0.25, 0.3) is 0 Å². The van der Waals surface area contributed by atoms with Gasteiger partial charge in [-0.25, -0.2) is 0 Å². The lowest BCUT2D eigenvalue weighted by Crippen LogP contribution is -2.25. The third-order valence-electron chi connectivity index (χ3n) is 3.62. The summed E-state index contributed by atoms with van der Waals surface area (Å²) in [6.45, 7) is 8.62. The molecular formula is C14H27ClO. The van der Waals surface area contributed by atoms with Crippen LogP contribution < -0.4 is 0 Å². The maximum absolute atomic E-state index is 6.36. The van der Waals surface area contributed by atoms with Gasteiger partial charge in [0.15, 0.2) is 0 Å². The second kappa shape index (κ2) is 7.55. The summed E-state index contributed by atoms with van der Waals surface area (Å²) in [4.78, 5) is 0. The molecule has 1 saturated carbocycles. The van der Waals surface area contributed by atoms with E-state index in [1.165, 1.54) is 25.7 Å². The van der Waals surface area contributed by atoms with Gasteiger partial charge in [-0.05, 0) is 49.9 Å². The Balaban J connectivity index is 2.07. The zero-order valence-electron chi connectivity index (χ0n) is 11.0. The van der Waals surface area contributed by atoms with Crippen molar-refractivity contribution in [1.82, 2.24) is 0 Å². The van der Waals surface area contributed by atoms with Gasteiger partial charge in [0.05, 0.1) is 0 Å². The van der Waals surface area contributed by atoms with E-state index in [4.69, 9.17) is 16.3 Å². The van der Waals surface area contributed by atoms with Crippen LogP contribution in [0.4, 0.5) is 0 Å². The summed E-state index contributed by atoms with van der Waals surface area (Å²) in [5.74, 6) is 2.29. The van der Waals surface area contributed by atoms with Crippen molar-refractivity contribution in [3.8, 4) is 0 Å². The third-order valence-corrected chi connectivity index (χ3v) is 4.20. The molecule has 0 aliphatic heterocycles. The van der Waals surface area contributed by atoms with Crippen LogP contribution in [0.25, 0.3) is 0 Å². The molecule has 1 aliphatic rings. The van der Waals surface area contributed by atoms with E-state index >= 15 is 0 Å². The Hall–Kier alpha value is 0.250. The molecule has 0 N–H and O–H groups in total. The van der Waals surface area contributed by atoms with Gasteiger partial charge in [-0.2, -0.15) is 0 Å². The van der Waals surface area contributed by atoms with Crippen molar-refractivity contribution < 1.29 is 4.74 Å². The molecule has 16 heavy (non-hydrogen) atoms. The summed E-state index contributed by atoms with van der Waals surface area (Å²) < 4.78 is 5.67. The van der Waals surface area contributed by atoms with Crippen molar-refractivity contribution in [2.45, 2.75) is 58.3 Å². The van der Waals surface area contributed by atoms with Crippen molar-refractivity contribution in [3.05, 3.63) is 0 Å². The number of hydrogen-bond acceptors (Lipinski definition) is 1. The molecule has 0 amide bonds. The van der Waals surface area contributed by atoms with Crippen LogP contribution in [0.3, 0.4) is 0 Å². The minimum Gasteiger partial charge on any atom is -0.381 e. The van der Waals surface area contributed by atoms with Crippen molar-refractivity contribution >= 4 is 11.6 Å². The smallest absolute Gasteiger partial charge is 0.0469 e. The molecule has 0 aromatic carbocycles.